The molecule has 9 fully saturated rings. The Hall–Kier alpha value is -8.57. The molecule has 7 amide bonds. The maximum atomic E-state index is 13.6. The van der Waals surface area contributed by atoms with Gasteiger partial charge in [-0.2, -0.15) is 10.5 Å². The molecule has 6 aromatic rings. The SMILES string of the molecule is N#C[C@H](C[C@@H]1CCCCC1=O)NC(=O)C1CC2(CCC2)CN1C(=O)c1cc2ccc(Cl)cc2[nH]1.N#C[C@H](C[C@@H]1CCCCC1=O)NC(=O)C1CC2(CCC2)CN1C(=O)c1cc2ccc(Cl)cc2[nH]1.NC(=O)[C@H](C[C@@H]1CCCCC1=O)NC(=O)C1CC2(CCC2)CN1C(=O)c1cc2ccc(Cl)cc2[nH]1. The van der Waals surface area contributed by atoms with Gasteiger partial charge in [-0.15, -0.1) is 0 Å². The maximum Gasteiger partial charge on any atom is 0.271 e. The molecule has 15 rings (SSSR count). The van der Waals surface area contributed by atoms with Crippen LogP contribution in [0.4, 0.5) is 0 Å². The van der Waals surface area contributed by atoms with Gasteiger partial charge >= 0.3 is 0 Å². The number of nitriles is 2. The predicted molar refractivity (Wildman–Crippen MR) is 388 cm³/mol. The zero-order valence-corrected chi connectivity index (χ0v) is 60.1. The van der Waals surface area contributed by atoms with Crippen molar-refractivity contribution in [2.24, 2.45) is 39.7 Å². The quantitative estimate of drug-likeness (QED) is 0.0476. The Balaban J connectivity index is 0.000000138. The van der Waals surface area contributed by atoms with Crippen LogP contribution in [0.3, 0.4) is 0 Å². The normalized spacial score (nSPS) is 24.5. The molecule has 3 aromatic heterocycles. The molecule has 6 aliphatic carbocycles. The van der Waals surface area contributed by atoms with Crippen molar-refractivity contribution in [2.75, 3.05) is 19.6 Å². The molecule has 3 aliphatic heterocycles. The molecule has 6 heterocycles. The van der Waals surface area contributed by atoms with E-state index < -0.39 is 42.2 Å². The Labute approximate surface area is 612 Å². The number of aromatic nitrogens is 3. The van der Waals surface area contributed by atoms with Crippen molar-refractivity contribution in [3.63, 3.8) is 0 Å². The van der Waals surface area contributed by atoms with Gasteiger partial charge in [-0.3, -0.25) is 47.9 Å². The van der Waals surface area contributed by atoms with Gasteiger partial charge in [0.15, 0.2) is 0 Å². The van der Waals surface area contributed by atoms with Crippen LogP contribution in [0.1, 0.15) is 205 Å². The number of nitrogens with one attached hydrogen (secondary N) is 6. The summed E-state index contributed by atoms with van der Waals surface area (Å²) in [7, 11) is 0. The van der Waals surface area contributed by atoms with Gasteiger partial charge in [-0.05, 0) is 186 Å². The number of hydrogen-bond acceptors (Lipinski definition) is 12. The summed E-state index contributed by atoms with van der Waals surface area (Å²) in [5, 5.41) is 32.2. The maximum absolute atomic E-state index is 13.6. The van der Waals surface area contributed by atoms with Crippen LogP contribution < -0.4 is 21.7 Å². The number of fused-ring (bicyclic) bond motifs is 3. The molecule has 3 spiro atoms. The summed E-state index contributed by atoms with van der Waals surface area (Å²) in [5.41, 5.74) is 9.07. The molecule has 8 N–H and O–H groups in total. The number of Topliss-reactive ketones (excluding diaryl/α,β-unsaturated/α-hetero) is 3. The van der Waals surface area contributed by atoms with Gasteiger partial charge in [0, 0.05) is 104 Å². The molecular formula is C78H89Cl3N12O10. The number of primary amides is 1. The van der Waals surface area contributed by atoms with Crippen LogP contribution in [0.15, 0.2) is 72.8 Å². The van der Waals surface area contributed by atoms with Crippen molar-refractivity contribution in [1.29, 1.82) is 10.5 Å². The molecule has 25 heteroatoms. The first kappa shape index (κ1) is 72.8. The smallest absolute Gasteiger partial charge is 0.271 e. The Morgan fingerprint density at radius 3 is 1.05 bits per heavy atom. The second kappa shape index (κ2) is 30.6. The Morgan fingerprint density at radius 1 is 0.456 bits per heavy atom. The molecule has 3 aromatic carbocycles. The summed E-state index contributed by atoms with van der Waals surface area (Å²) in [6, 6.07) is 21.6. The van der Waals surface area contributed by atoms with Gasteiger partial charge in [-0.1, -0.05) is 91.5 Å². The van der Waals surface area contributed by atoms with Crippen molar-refractivity contribution in [3.05, 3.63) is 105 Å². The molecule has 3 saturated heterocycles. The molecule has 103 heavy (non-hydrogen) atoms. The van der Waals surface area contributed by atoms with Gasteiger partial charge in [-0.25, -0.2) is 0 Å². The van der Waals surface area contributed by atoms with E-state index in [4.69, 9.17) is 40.5 Å². The van der Waals surface area contributed by atoms with E-state index in [9.17, 15) is 58.5 Å². The number of ketones is 3. The number of carbonyl (C=O) groups excluding carboxylic acids is 10. The Kier molecular flexibility index (Phi) is 21.6. The van der Waals surface area contributed by atoms with Crippen molar-refractivity contribution in [2.45, 2.75) is 210 Å². The summed E-state index contributed by atoms with van der Waals surface area (Å²) >= 11 is 18.3. The number of halogens is 3. The topological polar surface area (TPSA) is 337 Å². The standard InChI is InChI=1S/C26H31ClN4O4.2C26H29ClN4O3/c27-17-7-6-15-10-20(29-18(15)12-17)25(35)31-14-26(8-3-9-26)13-21(31)24(34)30-19(23(28)33)11-16-4-1-2-5-22(16)32;2*27-18-7-6-16-11-21(30-20(16)12-18)25(34)31-15-26(8-3-9-26)13-22(31)24(33)29-19(14-28)10-17-4-1-2-5-23(17)32/h6-7,10,12,16,19,21,29H,1-5,8-9,11,13-14H2,(H2,28,33)(H,30,34);2*6-7,11-12,17,19,22,30H,1-5,8-10,13,15H2,(H,29,33)/t16-,19-,21?;2*17-,19-,22?/m000/s1. The fourth-order valence-corrected chi connectivity index (χ4v) is 18.4. The lowest BCUT2D eigenvalue weighted by atomic mass is 9.67. The lowest BCUT2D eigenvalue weighted by molar-refractivity contribution is -0.131. The van der Waals surface area contributed by atoms with Gasteiger partial charge in [0.05, 0.1) is 12.1 Å². The van der Waals surface area contributed by atoms with Crippen LogP contribution in [0.2, 0.25) is 15.1 Å². The number of nitrogens with zero attached hydrogens (tertiary/aromatic N) is 5. The van der Waals surface area contributed by atoms with E-state index in [2.05, 4.69) is 43.0 Å². The van der Waals surface area contributed by atoms with E-state index >= 15 is 0 Å². The number of aromatic amines is 3. The number of amides is 7. The average molecular weight is 1460 g/mol. The molecule has 9 atom stereocenters. The minimum absolute atomic E-state index is 0.0194. The van der Waals surface area contributed by atoms with E-state index in [1.807, 2.05) is 18.2 Å². The first-order chi connectivity index (χ1) is 49.5. The summed E-state index contributed by atoms with van der Waals surface area (Å²) in [5.74, 6) is -2.42. The van der Waals surface area contributed by atoms with Crippen LogP contribution in [-0.2, 0) is 33.6 Å². The van der Waals surface area contributed by atoms with Gasteiger partial charge in [0.1, 0.15) is 70.7 Å². The molecule has 0 radical (unpaired) electrons. The number of rotatable bonds is 16. The highest BCUT2D eigenvalue weighted by Gasteiger charge is 2.55. The average Bonchev–Trinajstić information content (AvgIpc) is 1.61. The van der Waals surface area contributed by atoms with Gasteiger partial charge in [0.2, 0.25) is 23.6 Å². The molecule has 9 aliphatic rings. The number of likely N-dealkylation sites (tertiary alicyclic amines) is 3. The van der Waals surface area contributed by atoms with Gasteiger partial charge in [0.25, 0.3) is 17.7 Å². The minimum Gasteiger partial charge on any atom is -0.368 e. The van der Waals surface area contributed by atoms with E-state index in [0.29, 0.717) is 110 Å². The van der Waals surface area contributed by atoms with Crippen LogP contribution >= 0.6 is 34.8 Å². The highest BCUT2D eigenvalue weighted by Crippen LogP contribution is 2.53. The lowest BCUT2D eigenvalue weighted by Crippen LogP contribution is -2.53. The van der Waals surface area contributed by atoms with Gasteiger partial charge < -0.3 is 51.3 Å². The van der Waals surface area contributed by atoms with Crippen molar-refractivity contribution in [3.8, 4) is 12.1 Å². The number of nitrogens with two attached hydrogens (primary N) is 1. The highest BCUT2D eigenvalue weighted by molar-refractivity contribution is 6.32. The first-order valence-electron chi connectivity index (χ1n) is 36.9. The minimum atomic E-state index is -0.931. The fourth-order valence-electron chi connectivity index (χ4n) is 17.8. The van der Waals surface area contributed by atoms with Crippen LogP contribution in [0.5, 0.6) is 0 Å². The Morgan fingerprint density at radius 2 is 0.767 bits per heavy atom. The first-order valence-corrected chi connectivity index (χ1v) is 38.0. The molecular weight excluding hydrogens is 1370 g/mol. The lowest BCUT2D eigenvalue weighted by Gasteiger charge is -2.37. The molecule has 0 bridgehead atoms. The zero-order valence-electron chi connectivity index (χ0n) is 57.9. The number of benzene rings is 3. The predicted octanol–water partition coefficient (Wildman–Crippen LogP) is 12.1. The van der Waals surface area contributed by atoms with E-state index in [-0.39, 0.29) is 93.2 Å². The van der Waals surface area contributed by atoms with Crippen molar-refractivity contribution in [1.82, 2.24) is 45.6 Å². The van der Waals surface area contributed by atoms with Crippen LogP contribution in [0, 0.1) is 56.7 Å². The van der Waals surface area contributed by atoms with Crippen molar-refractivity contribution >= 4 is 126 Å². The number of carbonyl (C=O) groups is 10. The van der Waals surface area contributed by atoms with Crippen LogP contribution in [0.25, 0.3) is 32.7 Å². The largest absolute Gasteiger partial charge is 0.368 e. The Bertz CT molecular complexity index is 4240. The van der Waals surface area contributed by atoms with E-state index in [1.165, 1.54) is 0 Å². The van der Waals surface area contributed by atoms with Crippen molar-refractivity contribution < 1.29 is 47.9 Å². The summed E-state index contributed by atoms with van der Waals surface area (Å²) < 4.78 is 0. The summed E-state index contributed by atoms with van der Waals surface area (Å²) in [6.45, 7) is 1.58. The number of hydrogen-bond donors (Lipinski definition) is 7. The molecule has 6 saturated carbocycles. The summed E-state index contributed by atoms with van der Waals surface area (Å²) in [4.78, 5) is 144. The molecule has 3 unspecified atom stereocenters. The van der Waals surface area contributed by atoms with E-state index in [0.717, 1.165) is 142 Å². The third kappa shape index (κ3) is 15.9. The second-order valence-corrected chi connectivity index (χ2v) is 32.4. The number of H-pyrrole nitrogens is 3. The third-order valence-electron chi connectivity index (χ3n) is 24.1. The highest BCUT2D eigenvalue weighted by atomic mass is 35.5. The summed E-state index contributed by atoms with van der Waals surface area (Å²) in [6.07, 6.45) is 21.3. The third-order valence-corrected chi connectivity index (χ3v) is 24.8. The van der Waals surface area contributed by atoms with E-state index in [1.54, 1.807) is 69.3 Å². The monoisotopic (exact) mass is 1460 g/mol. The second-order valence-electron chi connectivity index (χ2n) is 31.0. The zero-order chi connectivity index (χ0) is 72.5. The van der Waals surface area contributed by atoms with Crippen LogP contribution in [-0.4, -0.2) is 144 Å². The fraction of sp³-hybridized carbons (Fsp3) is 0.538. The molecule has 22 nitrogen and oxygen atoms in total. The molecule has 542 valence electrons.